The van der Waals surface area contributed by atoms with Crippen molar-refractivity contribution in [1.82, 2.24) is 4.98 Å². The summed E-state index contributed by atoms with van der Waals surface area (Å²) in [5, 5.41) is 1.06. The Morgan fingerprint density at radius 2 is 1.86 bits per heavy atom. The highest BCUT2D eigenvalue weighted by Gasteiger charge is 2.18. The molecule has 3 aromatic rings. The predicted molar refractivity (Wildman–Crippen MR) is 91.8 cm³/mol. The third-order valence-electron chi connectivity index (χ3n) is 3.35. The van der Waals surface area contributed by atoms with Crippen LogP contribution in [0.5, 0.6) is 0 Å². The smallest absolute Gasteiger partial charge is 0.203 e. The van der Waals surface area contributed by atoms with Gasteiger partial charge in [0, 0.05) is 43.2 Å². The van der Waals surface area contributed by atoms with Crippen molar-refractivity contribution in [3.63, 3.8) is 0 Å². The first-order chi connectivity index (χ1) is 10.7. The molecule has 0 bridgehead atoms. The number of aromatic nitrogens is 1. The molecule has 3 rings (SSSR count). The lowest BCUT2D eigenvalue weighted by Gasteiger charge is -2.12. The third kappa shape index (κ3) is 2.78. The van der Waals surface area contributed by atoms with Crippen LogP contribution in [0, 0.1) is 0 Å². The van der Waals surface area contributed by atoms with Gasteiger partial charge in [0.15, 0.2) is 0 Å². The van der Waals surface area contributed by atoms with E-state index < -0.39 is 0 Å². The van der Waals surface area contributed by atoms with Crippen LogP contribution in [0.1, 0.15) is 15.2 Å². The number of anilines is 1. The number of ketones is 1. The molecule has 2 aromatic heterocycles. The van der Waals surface area contributed by atoms with E-state index in [0.29, 0.717) is 5.56 Å². The van der Waals surface area contributed by atoms with Crippen LogP contribution in [0.15, 0.2) is 60.9 Å². The van der Waals surface area contributed by atoms with Crippen molar-refractivity contribution >= 4 is 22.1 Å². The molecule has 22 heavy (non-hydrogen) atoms. The van der Waals surface area contributed by atoms with E-state index in [-0.39, 0.29) is 5.78 Å². The van der Waals surface area contributed by atoms with Crippen LogP contribution in [-0.4, -0.2) is 24.9 Å². The van der Waals surface area contributed by atoms with Crippen LogP contribution in [0.3, 0.4) is 0 Å². The van der Waals surface area contributed by atoms with Gasteiger partial charge in [-0.2, -0.15) is 0 Å². The van der Waals surface area contributed by atoms with Crippen LogP contribution in [0.25, 0.3) is 11.1 Å². The van der Waals surface area contributed by atoms with Gasteiger partial charge in [0.25, 0.3) is 0 Å². The number of benzene rings is 1. The SMILES string of the molecule is CN(C)c1sc(C(=O)c2ccccc2)cc1-c1cccnc1. The lowest BCUT2D eigenvalue weighted by Crippen LogP contribution is -2.07. The number of hydrogen-bond acceptors (Lipinski definition) is 4. The minimum absolute atomic E-state index is 0.0591. The Bertz CT molecular complexity index is 779. The molecule has 0 aliphatic heterocycles. The largest absolute Gasteiger partial charge is 0.369 e. The Balaban J connectivity index is 2.06. The van der Waals surface area contributed by atoms with Gasteiger partial charge in [0.2, 0.25) is 5.78 Å². The van der Waals surface area contributed by atoms with Crippen molar-refractivity contribution in [3.8, 4) is 11.1 Å². The topological polar surface area (TPSA) is 33.2 Å². The summed E-state index contributed by atoms with van der Waals surface area (Å²) in [6.45, 7) is 0. The second-order valence-electron chi connectivity index (χ2n) is 5.16. The van der Waals surface area contributed by atoms with Gasteiger partial charge in [0.05, 0.1) is 9.88 Å². The first kappa shape index (κ1) is 14.5. The Morgan fingerprint density at radius 1 is 1.09 bits per heavy atom. The fourth-order valence-corrected chi connectivity index (χ4v) is 3.35. The zero-order chi connectivity index (χ0) is 15.5. The van der Waals surface area contributed by atoms with Crippen molar-refractivity contribution in [2.45, 2.75) is 0 Å². The zero-order valence-corrected chi connectivity index (χ0v) is 13.3. The number of nitrogens with zero attached hydrogens (tertiary/aromatic N) is 2. The minimum Gasteiger partial charge on any atom is -0.369 e. The van der Waals surface area contributed by atoms with E-state index in [1.807, 2.05) is 73.7 Å². The molecule has 4 heteroatoms. The molecule has 3 nitrogen and oxygen atoms in total. The third-order valence-corrected chi connectivity index (χ3v) is 4.65. The summed E-state index contributed by atoms with van der Waals surface area (Å²) < 4.78 is 0. The Kier molecular flexibility index (Phi) is 4.02. The average Bonchev–Trinajstić information content (AvgIpc) is 3.01. The molecule has 2 heterocycles. The molecule has 0 atom stereocenters. The summed E-state index contributed by atoms with van der Waals surface area (Å²) in [5.74, 6) is 0.0591. The van der Waals surface area contributed by atoms with Crippen molar-refractivity contribution in [3.05, 3.63) is 71.4 Å². The number of hydrogen-bond donors (Lipinski definition) is 0. The van der Waals surface area contributed by atoms with Crippen LogP contribution in [-0.2, 0) is 0 Å². The van der Waals surface area contributed by atoms with E-state index in [0.717, 1.165) is 21.0 Å². The summed E-state index contributed by atoms with van der Waals surface area (Å²) in [5.41, 5.74) is 2.78. The molecule has 0 amide bonds. The number of thiophene rings is 1. The zero-order valence-electron chi connectivity index (χ0n) is 12.5. The van der Waals surface area contributed by atoms with Crippen molar-refractivity contribution in [2.75, 3.05) is 19.0 Å². The number of carbonyl (C=O) groups excluding carboxylic acids is 1. The number of pyridine rings is 1. The van der Waals surface area contributed by atoms with E-state index in [4.69, 9.17) is 0 Å². The maximum absolute atomic E-state index is 12.6. The molecule has 0 aliphatic carbocycles. The van der Waals surface area contributed by atoms with Crippen LogP contribution in [0.4, 0.5) is 5.00 Å². The molecule has 110 valence electrons. The van der Waals surface area contributed by atoms with Crippen molar-refractivity contribution < 1.29 is 4.79 Å². The number of rotatable bonds is 4. The monoisotopic (exact) mass is 308 g/mol. The summed E-state index contributed by atoms with van der Waals surface area (Å²) in [4.78, 5) is 19.6. The summed E-state index contributed by atoms with van der Waals surface area (Å²) in [6, 6.07) is 15.3. The molecule has 1 aromatic carbocycles. The van der Waals surface area contributed by atoms with Crippen LogP contribution in [0.2, 0.25) is 0 Å². The Morgan fingerprint density at radius 3 is 2.50 bits per heavy atom. The standard InChI is InChI=1S/C18H16N2OS/c1-20(2)18-15(14-9-6-10-19-12-14)11-16(22-18)17(21)13-7-4-3-5-8-13/h3-12H,1-2H3. The van der Waals surface area contributed by atoms with E-state index in [2.05, 4.69) is 4.98 Å². The first-order valence-electron chi connectivity index (χ1n) is 6.98. The molecule has 0 fully saturated rings. The molecule has 0 aliphatic rings. The van der Waals surface area contributed by atoms with Gasteiger partial charge in [-0.3, -0.25) is 9.78 Å². The molecular weight excluding hydrogens is 292 g/mol. The summed E-state index contributed by atoms with van der Waals surface area (Å²) in [7, 11) is 3.98. The Labute approximate surface area is 133 Å². The molecule has 0 N–H and O–H groups in total. The highest BCUT2D eigenvalue weighted by Crippen LogP contribution is 2.38. The van der Waals surface area contributed by atoms with Gasteiger partial charge in [-0.25, -0.2) is 0 Å². The first-order valence-corrected chi connectivity index (χ1v) is 7.80. The molecule has 0 radical (unpaired) electrons. The minimum atomic E-state index is 0.0591. The fourth-order valence-electron chi connectivity index (χ4n) is 2.29. The Hall–Kier alpha value is -2.46. The number of carbonyl (C=O) groups is 1. The summed E-state index contributed by atoms with van der Waals surface area (Å²) in [6.07, 6.45) is 3.58. The van der Waals surface area contributed by atoms with Gasteiger partial charge in [0.1, 0.15) is 0 Å². The maximum atomic E-state index is 12.6. The molecule has 0 saturated heterocycles. The molecule has 0 saturated carbocycles. The molecule has 0 unspecified atom stereocenters. The van der Waals surface area contributed by atoms with E-state index in [1.165, 1.54) is 11.3 Å². The van der Waals surface area contributed by atoms with E-state index >= 15 is 0 Å². The molecule has 0 spiro atoms. The van der Waals surface area contributed by atoms with Crippen molar-refractivity contribution in [2.24, 2.45) is 0 Å². The van der Waals surface area contributed by atoms with E-state index in [9.17, 15) is 4.79 Å². The lowest BCUT2D eigenvalue weighted by molar-refractivity contribution is 0.104. The van der Waals surface area contributed by atoms with Gasteiger partial charge >= 0.3 is 0 Å². The highest BCUT2D eigenvalue weighted by molar-refractivity contribution is 7.18. The fraction of sp³-hybridized carbons (Fsp3) is 0.111. The van der Waals surface area contributed by atoms with Crippen LogP contribution >= 0.6 is 11.3 Å². The van der Waals surface area contributed by atoms with Gasteiger partial charge in [-0.1, -0.05) is 36.4 Å². The lowest BCUT2D eigenvalue weighted by atomic mass is 10.1. The predicted octanol–water partition coefficient (Wildman–Crippen LogP) is 4.11. The highest BCUT2D eigenvalue weighted by atomic mass is 32.1. The second kappa shape index (κ2) is 6.12. The maximum Gasteiger partial charge on any atom is 0.203 e. The van der Waals surface area contributed by atoms with Gasteiger partial charge in [-0.05, 0) is 12.1 Å². The van der Waals surface area contributed by atoms with Gasteiger partial charge in [-0.15, -0.1) is 11.3 Å². The van der Waals surface area contributed by atoms with Gasteiger partial charge < -0.3 is 4.90 Å². The summed E-state index contributed by atoms with van der Waals surface area (Å²) >= 11 is 1.51. The molecular formula is C18H16N2OS. The van der Waals surface area contributed by atoms with Crippen molar-refractivity contribution in [1.29, 1.82) is 0 Å². The second-order valence-corrected chi connectivity index (χ2v) is 6.19. The quantitative estimate of drug-likeness (QED) is 0.680. The van der Waals surface area contributed by atoms with Crippen LogP contribution < -0.4 is 4.90 Å². The normalized spacial score (nSPS) is 10.5. The average molecular weight is 308 g/mol. The van der Waals surface area contributed by atoms with E-state index in [1.54, 1.807) is 6.20 Å².